The molecule has 0 aromatic rings. The molecular formula is C15H26O3. The first kappa shape index (κ1) is 15.4. The maximum Gasteiger partial charge on any atom is 0.0663 e. The first-order valence-corrected chi connectivity index (χ1v) is 6.77. The minimum atomic E-state index is -0.663. The van der Waals surface area contributed by atoms with Crippen LogP contribution in [-0.2, 0) is 0 Å². The van der Waals surface area contributed by atoms with Gasteiger partial charge in [-0.25, -0.2) is 0 Å². The van der Waals surface area contributed by atoms with Crippen molar-refractivity contribution in [1.29, 1.82) is 0 Å². The van der Waals surface area contributed by atoms with Gasteiger partial charge in [-0.2, -0.15) is 0 Å². The van der Waals surface area contributed by atoms with Crippen molar-refractivity contribution >= 4 is 0 Å². The van der Waals surface area contributed by atoms with Crippen LogP contribution in [0.2, 0.25) is 0 Å². The van der Waals surface area contributed by atoms with Gasteiger partial charge in [0.05, 0.1) is 18.8 Å². The van der Waals surface area contributed by atoms with Gasteiger partial charge in [-0.15, -0.1) is 0 Å². The second kappa shape index (κ2) is 7.07. The highest BCUT2D eigenvalue weighted by Crippen LogP contribution is 2.34. The number of hydrogen-bond acceptors (Lipinski definition) is 3. The molecule has 0 bridgehead atoms. The van der Waals surface area contributed by atoms with Gasteiger partial charge in [0.2, 0.25) is 0 Å². The van der Waals surface area contributed by atoms with Crippen molar-refractivity contribution < 1.29 is 15.3 Å². The third-order valence-electron chi connectivity index (χ3n) is 4.01. The van der Waals surface area contributed by atoms with Gasteiger partial charge in [-0.1, -0.05) is 17.7 Å². The van der Waals surface area contributed by atoms with Crippen molar-refractivity contribution in [1.82, 2.24) is 0 Å². The third kappa shape index (κ3) is 4.56. The molecule has 1 aliphatic rings. The summed E-state index contributed by atoms with van der Waals surface area (Å²) < 4.78 is 0. The molecule has 0 aliphatic heterocycles. The lowest BCUT2D eigenvalue weighted by atomic mass is 9.76. The summed E-state index contributed by atoms with van der Waals surface area (Å²) in [4.78, 5) is 0. The van der Waals surface area contributed by atoms with Gasteiger partial charge in [-0.3, -0.25) is 0 Å². The van der Waals surface area contributed by atoms with Crippen LogP contribution < -0.4 is 0 Å². The van der Waals surface area contributed by atoms with E-state index in [1.54, 1.807) is 0 Å². The zero-order valence-electron chi connectivity index (χ0n) is 11.5. The van der Waals surface area contributed by atoms with E-state index in [9.17, 15) is 5.11 Å². The molecule has 0 aromatic carbocycles. The van der Waals surface area contributed by atoms with E-state index in [0.717, 1.165) is 19.3 Å². The molecule has 0 heterocycles. The topological polar surface area (TPSA) is 60.7 Å². The number of aliphatic hydroxyl groups is 3. The van der Waals surface area contributed by atoms with Crippen molar-refractivity contribution in [2.75, 3.05) is 13.2 Å². The molecule has 0 spiro atoms. The summed E-state index contributed by atoms with van der Waals surface area (Å²) in [7, 11) is 0. The van der Waals surface area contributed by atoms with Crippen LogP contribution in [0.1, 0.15) is 46.0 Å². The number of aliphatic hydroxyl groups excluding tert-OH is 2. The minimum absolute atomic E-state index is 0.107. The zero-order valence-corrected chi connectivity index (χ0v) is 11.5. The fourth-order valence-electron chi connectivity index (χ4n) is 2.48. The molecule has 0 aromatic heterocycles. The summed E-state index contributed by atoms with van der Waals surface area (Å²) in [6.45, 7) is 3.83. The van der Waals surface area contributed by atoms with Crippen LogP contribution >= 0.6 is 0 Å². The molecule has 0 saturated carbocycles. The van der Waals surface area contributed by atoms with Crippen LogP contribution in [0.25, 0.3) is 0 Å². The molecule has 0 saturated heterocycles. The Hall–Kier alpha value is -0.640. The Bertz CT molecular complexity index is 310. The van der Waals surface area contributed by atoms with Crippen molar-refractivity contribution in [2.24, 2.45) is 5.92 Å². The van der Waals surface area contributed by atoms with Crippen molar-refractivity contribution in [3.8, 4) is 0 Å². The van der Waals surface area contributed by atoms with Crippen LogP contribution in [0, 0.1) is 5.92 Å². The van der Waals surface area contributed by atoms with E-state index in [2.05, 4.69) is 13.0 Å². The molecule has 3 nitrogen and oxygen atoms in total. The maximum absolute atomic E-state index is 10.5. The van der Waals surface area contributed by atoms with Crippen LogP contribution in [-0.4, -0.2) is 34.1 Å². The van der Waals surface area contributed by atoms with Gasteiger partial charge in [0, 0.05) is 0 Å². The van der Waals surface area contributed by atoms with Crippen molar-refractivity contribution in [2.45, 2.75) is 51.6 Å². The largest absolute Gasteiger partial charge is 0.392 e. The normalized spacial score (nSPS) is 23.2. The minimum Gasteiger partial charge on any atom is -0.392 e. The molecule has 0 fully saturated rings. The van der Waals surface area contributed by atoms with Gasteiger partial charge >= 0.3 is 0 Å². The van der Waals surface area contributed by atoms with E-state index in [0.29, 0.717) is 24.3 Å². The lowest BCUT2D eigenvalue weighted by molar-refractivity contribution is -0.0122. The highest BCUT2D eigenvalue weighted by Gasteiger charge is 2.31. The first-order chi connectivity index (χ1) is 8.49. The molecule has 1 aliphatic carbocycles. The fourth-order valence-corrected chi connectivity index (χ4v) is 2.48. The lowest BCUT2D eigenvalue weighted by Gasteiger charge is -2.34. The molecule has 104 valence electrons. The third-order valence-corrected chi connectivity index (χ3v) is 4.01. The second-order valence-corrected chi connectivity index (χ2v) is 5.60. The smallest absolute Gasteiger partial charge is 0.0663 e. The highest BCUT2D eigenvalue weighted by molar-refractivity contribution is 5.07. The Morgan fingerprint density at radius 2 is 2.11 bits per heavy atom. The van der Waals surface area contributed by atoms with Crippen molar-refractivity contribution in [3.63, 3.8) is 0 Å². The average Bonchev–Trinajstić information content (AvgIpc) is 2.35. The van der Waals surface area contributed by atoms with Crippen molar-refractivity contribution in [3.05, 3.63) is 23.3 Å². The summed E-state index contributed by atoms with van der Waals surface area (Å²) >= 11 is 0. The molecule has 0 amide bonds. The SMILES string of the molecule is CC1=CC[C@@H](C(C)(O)CCC=C(CO)CO)CC1. The molecule has 1 rings (SSSR count). The van der Waals surface area contributed by atoms with Gasteiger partial charge in [-0.05, 0) is 57.4 Å². The first-order valence-electron chi connectivity index (χ1n) is 6.77. The predicted octanol–water partition coefficient (Wildman–Crippen LogP) is 2.17. The number of allylic oxidation sites excluding steroid dienone is 3. The Morgan fingerprint density at radius 1 is 1.44 bits per heavy atom. The van der Waals surface area contributed by atoms with E-state index in [1.807, 2.05) is 13.0 Å². The Kier molecular flexibility index (Phi) is 6.06. The molecular weight excluding hydrogens is 228 g/mol. The van der Waals surface area contributed by atoms with E-state index in [4.69, 9.17) is 10.2 Å². The molecule has 0 radical (unpaired) electrons. The summed E-state index contributed by atoms with van der Waals surface area (Å²) in [6.07, 6.45) is 8.51. The number of rotatable bonds is 6. The standard InChI is InChI=1S/C15H26O3/c1-12-5-7-14(8-6-12)15(2,18)9-3-4-13(10-16)11-17/h4-5,14,16-18H,3,6-11H2,1-2H3/t14-,15?/m1/s1. The predicted molar refractivity (Wildman–Crippen MR) is 73.2 cm³/mol. The van der Waals surface area contributed by atoms with E-state index in [-0.39, 0.29) is 13.2 Å². The lowest BCUT2D eigenvalue weighted by Crippen LogP contribution is -2.35. The van der Waals surface area contributed by atoms with Crippen LogP contribution in [0.15, 0.2) is 23.3 Å². The summed E-state index contributed by atoms with van der Waals surface area (Å²) in [5.41, 5.74) is 1.39. The Morgan fingerprint density at radius 3 is 2.61 bits per heavy atom. The highest BCUT2D eigenvalue weighted by atomic mass is 16.3. The molecule has 3 N–H and O–H groups in total. The molecule has 1 unspecified atom stereocenters. The monoisotopic (exact) mass is 254 g/mol. The fraction of sp³-hybridized carbons (Fsp3) is 0.733. The van der Waals surface area contributed by atoms with E-state index in [1.165, 1.54) is 5.57 Å². The van der Waals surface area contributed by atoms with Gasteiger partial charge in [0.25, 0.3) is 0 Å². The van der Waals surface area contributed by atoms with E-state index >= 15 is 0 Å². The van der Waals surface area contributed by atoms with Crippen LogP contribution in [0.4, 0.5) is 0 Å². The molecule has 2 atom stereocenters. The molecule has 18 heavy (non-hydrogen) atoms. The zero-order chi connectivity index (χ0) is 13.6. The quantitative estimate of drug-likeness (QED) is 0.637. The summed E-state index contributed by atoms with van der Waals surface area (Å²) in [6, 6.07) is 0. The Balaban J connectivity index is 2.47. The second-order valence-electron chi connectivity index (χ2n) is 5.60. The van der Waals surface area contributed by atoms with Gasteiger partial charge in [0.1, 0.15) is 0 Å². The van der Waals surface area contributed by atoms with E-state index < -0.39 is 5.60 Å². The van der Waals surface area contributed by atoms with Crippen LogP contribution in [0.3, 0.4) is 0 Å². The summed E-state index contributed by atoms with van der Waals surface area (Å²) in [5, 5.41) is 28.4. The summed E-state index contributed by atoms with van der Waals surface area (Å²) in [5.74, 6) is 0.321. The average molecular weight is 254 g/mol. The number of hydrogen-bond donors (Lipinski definition) is 3. The van der Waals surface area contributed by atoms with Gasteiger partial charge < -0.3 is 15.3 Å². The molecule has 3 heteroatoms. The van der Waals surface area contributed by atoms with Crippen LogP contribution in [0.5, 0.6) is 0 Å². The van der Waals surface area contributed by atoms with Gasteiger partial charge in [0.15, 0.2) is 0 Å². The maximum atomic E-state index is 10.5. The Labute approximate surface area is 110 Å².